The normalized spacial score (nSPS) is 11.7. The maximum atomic E-state index is 12.2. The Morgan fingerprint density at radius 1 is 1.30 bits per heavy atom. The summed E-state index contributed by atoms with van der Waals surface area (Å²) in [4.78, 5) is 35.5. The minimum absolute atomic E-state index is 0.145. The van der Waals surface area contributed by atoms with Gasteiger partial charge in [-0.25, -0.2) is 4.79 Å². The number of rotatable bonds is 6. The largest absolute Gasteiger partial charge is 0.481 e. The molecule has 0 aliphatic carbocycles. The molecule has 0 bridgehead atoms. The van der Waals surface area contributed by atoms with Gasteiger partial charge >= 0.3 is 11.9 Å². The molecule has 0 radical (unpaired) electrons. The van der Waals surface area contributed by atoms with E-state index in [4.69, 9.17) is 10.2 Å². The van der Waals surface area contributed by atoms with E-state index in [0.717, 1.165) is 4.90 Å². The van der Waals surface area contributed by atoms with Crippen molar-refractivity contribution in [3.05, 3.63) is 29.8 Å². The van der Waals surface area contributed by atoms with Crippen LogP contribution < -0.4 is 0 Å². The third-order valence-corrected chi connectivity index (χ3v) is 3.08. The number of thiol groups is 1. The molecular weight excluding hydrogens is 282 g/mol. The maximum Gasteiger partial charge on any atom is 0.326 e. The number of aliphatic carboxylic acids is 2. The first-order valence-electron chi connectivity index (χ1n) is 5.83. The van der Waals surface area contributed by atoms with Crippen molar-refractivity contribution < 1.29 is 24.6 Å². The van der Waals surface area contributed by atoms with Crippen LogP contribution in [0, 0.1) is 0 Å². The van der Waals surface area contributed by atoms with Crippen LogP contribution >= 0.6 is 12.6 Å². The maximum absolute atomic E-state index is 12.2. The summed E-state index contributed by atoms with van der Waals surface area (Å²) in [6.07, 6.45) is -0.464. The van der Waals surface area contributed by atoms with Gasteiger partial charge in [0, 0.05) is 23.9 Å². The molecule has 0 aliphatic rings. The van der Waals surface area contributed by atoms with E-state index in [9.17, 15) is 14.4 Å². The summed E-state index contributed by atoms with van der Waals surface area (Å²) >= 11 is 4.11. The summed E-state index contributed by atoms with van der Waals surface area (Å²) in [5, 5.41) is 17.7. The molecule has 1 amide bonds. The smallest absolute Gasteiger partial charge is 0.326 e. The van der Waals surface area contributed by atoms with E-state index in [1.807, 2.05) is 0 Å². The molecule has 1 aromatic carbocycles. The third kappa shape index (κ3) is 4.27. The zero-order valence-electron chi connectivity index (χ0n) is 10.8. The van der Waals surface area contributed by atoms with E-state index < -0.39 is 23.9 Å². The predicted octanol–water partition coefficient (Wildman–Crippen LogP) is 1.37. The molecule has 7 heteroatoms. The monoisotopic (exact) mass is 297 g/mol. The lowest BCUT2D eigenvalue weighted by Gasteiger charge is -2.24. The molecule has 20 heavy (non-hydrogen) atoms. The van der Waals surface area contributed by atoms with Crippen LogP contribution in [-0.2, 0) is 9.59 Å². The number of amides is 1. The van der Waals surface area contributed by atoms with Crippen LogP contribution in [0.4, 0.5) is 0 Å². The minimum Gasteiger partial charge on any atom is -0.481 e. The number of benzene rings is 1. The average Bonchev–Trinajstić information content (AvgIpc) is 2.37. The third-order valence-electron chi connectivity index (χ3n) is 2.80. The van der Waals surface area contributed by atoms with Crippen LogP contribution in [0.5, 0.6) is 0 Å². The lowest BCUT2D eigenvalue weighted by molar-refractivity contribution is -0.143. The number of likely N-dealkylation sites (N-methyl/N-ethyl adjacent to an activating group) is 1. The number of carboxylic acids is 2. The number of carbonyl (C=O) groups is 3. The van der Waals surface area contributed by atoms with Crippen molar-refractivity contribution in [2.45, 2.75) is 23.8 Å². The van der Waals surface area contributed by atoms with Gasteiger partial charge in [0.2, 0.25) is 0 Å². The Labute approximate surface area is 121 Å². The number of carboxylic acid groups (broad SMARTS) is 2. The molecule has 2 N–H and O–H groups in total. The van der Waals surface area contributed by atoms with Crippen LogP contribution in [-0.4, -0.2) is 46.0 Å². The molecule has 1 aromatic rings. The van der Waals surface area contributed by atoms with Gasteiger partial charge < -0.3 is 15.1 Å². The Hall–Kier alpha value is -2.02. The summed E-state index contributed by atoms with van der Waals surface area (Å²) in [6.45, 7) is 0. The van der Waals surface area contributed by atoms with E-state index in [1.54, 1.807) is 18.2 Å². The number of hydrogen-bond donors (Lipinski definition) is 3. The highest BCUT2D eigenvalue weighted by Gasteiger charge is 2.27. The molecule has 6 nitrogen and oxygen atoms in total. The van der Waals surface area contributed by atoms with Crippen LogP contribution in [0.3, 0.4) is 0 Å². The van der Waals surface area contributed by atoms with Crippen molar-refractivity contribution in [3.8, 4) is 0 Å². The number of nitrogens with zero attached hydrogens (tertiary/aromatic N) is 1. The molecule has 0 saturated carbocycles. The predicted molar refractivity (Wildman–Crippen MR) is 74.1 cm³/mol. The molecule has 1 rings (SSSR count). The van der Waals surface area contributed by atoms with Gasteiger partial charge in [-0.1, -0.05) is 6.07 Å². The Morgan fingerprint density at radius 2 is 1.95 bits per heavy atom. The molecule has 1 unspecified atom stereocenters. The van der Waals surface area contributed by atoms with Crippen LogP contribution in [0.15, 0.2) is 29.2 Å². The minimum atomic E-state index is -1.23. The van der Waals surface area contributed by atoms with E-state index in [0.29, 0.717) is 10.5 Å². The molecule has 0 aliphatic heterocycles. The molecule has 0 fully saturated rings. The SMILES string of the molecule is CN(C(=O)c1cccc(S)c1)C(CCC(=O)O)C(=O)O. The van der Waals surface area contributed by atoms with Gasteiger partial charge in [0.1, 0.15) is 6.04 Å². The molecule has 0 saturated heterocycles. The second kappa shape index (κ2) is 6.95. The standard InChI is InChI=1S/C13H15NO5S/c1-14(10(13(18)19)5-6-11(15)16)12(17)8-3-2-4-9(20)7-8/h2-4,7,10,20H,5-6H2,1H3,(H,15,16)(H,18,19). The summed E-state index contributed by atoms with van der Waals surface area (Å²) in [7, 11) is 1.34. The van der Waals surface area contributed by atoms with Crippen molar-refractivity contribution in [1.82, 2.24) is 4.90 Å². The van der Waals surface area contributed by atoms with Crippen molar-refractivity contribution >= 4 is 30.5 Å². The van der Waals surface area contributed by atoms with Crippen LogP contribution in [0.2, 0.25) is 0 Å². The van der Waals surface area contributed by atoms with Gasteiger partial charge in [0.25, 0.3) is 5.91 Å². The van der Waals surface area contributed by atoms with Crippen molar-refractivity contribution in [3.63, 3.8) is 0 Å². The Morgan fingerprint density at radius 3 is 2.45 bits per heavy atom. The highest BCUT2D eigenvalue weighted by atomic mass is 32.1. The molecule has 0 heterocycles. The van der Waals surface area contributed by atoms with Gasteiger partial charge in [-0.15, -0.1) is 12.6 Å². The average molecular weight is 297 g/mol. The number of hydrogen-bond acceptors (Lipinski definition) is 4. The fourth-order valence-electron chi connectivity index (χ4n) is 1.73. The van der Waals surface area contributed by atoms with Gasteiger partial charge in [-0.2, -0.15) is 0 Å². The van der Waals surface area contributed by atoms with E-state index in [1.165, 1.54) is 13.1 Å². The fraction of sp³-hybridized carbons (Fsp3) is 0.308. The fourth-order valence-corrected chi connectivity index (χ4v) is 1.95. The van der Waals surface area contributed by atoms with Crippen molar-refractivity contribution in [2.75, 3.05) is 7.05 Å². The van der Waals surface area contributed by atoms with Gasteiger partial charge in [0.15, 0.2) is 0 Å². The Bertz CT molecular complexity index is 531. The first-order valence-corrected chi connectivity index (χ1v) is 6.28. The first kappa shape index (κ1) is 16.0. The van der Waals surface area contributed by atoms with Crippen LogP contribution in [0.25, 0.3) is 0 Å². The molecule has 108 valence electrons. The van der Waals surface area contributed by atoms with E-state index >= 15 is 0 Å². The quantitative estimate of drug-likeness (QED) is 0.689. The summed E-state index contributed by atoms with van der Waals surface area (Å²) in [5.74, 6) is -2.82. The second-order valence-corrected chi connectivity index (χ2v) is 4.77. The lowest BCUT2D eigenvalue weighted by atomic mass is 10.1. The summed E-state index contributed by atoms with van der Waals surface area (Å²) in [6, 6.07) is 5.23. The van der Waals surface area contributed by atoms with Crippen molar-refractivity contribution in [1.29, 1.82) is 0 Å². The first-order chi connectivity index (χ1) is 9.32. The second-order valence-electron chi connectivity index (χ2n) is 4.25. The topological polar surface area (TPSA) is 94.9 Å². The zero-order chi connectivity index (χ0) is 15.3. The lowest BCUT2D eigenvalue weighted by Crippen LogP contribution is -2.42. The summed E-state index contributed by atoms with van der Waals surface area (Å²) in [5.41, 5.74) is 0.307. The van der Waals surface area contributed by atoms with Crippen LogP contribution in [0.1, 0.15) is 23.2 Å². The zero-order valence-corrected chi connectivity index (χ0v) is 11.7. The Balaban J connectivity index is 2.88. The van der Waals surface area contributed by atoms with Gasteiger partial charge in [-0.3, -0.25) is 9.59 Å². The highest BCUT2D eigenvalue weighted by molar-refractivity contribution is 7.80. The number of carbonyl (C=O) groups excluding carboxylic acids is 1. The molecule has 1 atom stereocenters. The van der Waals surface area contributed by atoms with Crippen molar-refractivity contribution in [2.24, 2.45) is 0 Å². The highest BCUT2D eigenvalue weighted by Crippen LogP contribution is 2.14. The van der Waals surface area contributed by atoms with Gasteiger partial charge in [0.05, 0.1) is 0 Å². The molecule has 0 spiro atoms. The Kier molecular flexibility index (Phi) is 5.57. The molecular formula is C13H15NO5S. The van der Waals surface area contributed by atoms with Gasteiger partial charge in [-0.05, 0) is 24.6 Å². The van der Waals surface area contributed by atoms with E-state index in [-0.39, 0.29) is 12.8 Å². The summed E-state index contributed by atoms with van der Waals surface area (Å²) < 4.78 is 0. The molecule has 0 aromatic heterocycles. The van der Waals surface area contributed by atoms with E-state index in [2.05, 4.69) is 12.6 Å².